The van der Waals surface area contributed by atoms with Crippen LogP contribution in [0.2, 0.25) is 0 Å². The van der Waals surface area contributed by atoms with Crippen LogP contribution in [-0.2, 0) is 19.1 Å². The Bertz CT molecular complexity index is 1340. The van der Waals surface area contributed by atoms with Crippen LogP contribution in [0.1, 0.15) is 42.4 Å². The molecule has 2 aromatic carbocycles. The van der Waals surface area contributed by atoms with E-state index >= 15 is 0 Å². The molecule has 2 fully saturated rings. The standard InChI is InChI=1S/C30H32F4N4O3/c31-24-9-4-22(5-10-24)20-36-14-16-37(17-15-36)28-2-1-3-29(35-28)41-25-11-6-21(7-12-25)18-23-8-13-27(38(39)40)26(19-23)30(32,33)34/h1-5,8-10,13,19,21,25H,6-7,11-12,14-18,20H2. The van der Waals surface area contributed by atoms with Gasteiger partial charge >= 0.3 is 6.18 Å². The van der Waals surface area contributed by atoms with Gasteiger partial charge in [0.2, 0.25) is 5.88 Å². The number of nitrogens with zero attached hydrogens (tertiary/aromatic N) is 4. The van der Waals surface area contributed by atoms with Crippen LogP contribution < -0.4 is 9.64 Å². The molecule has 1 saturated heterocycles. The molecule has 2 heterocycles. The fourth-order valence-electron chi connectivity index (χ4n) is 5.68. The van der Waals surface area contributed by atoms with E-state index in [1.54, 1.807) is 0 Å². The van der Waals surface area contributed by atoms with Gasteiger partial charge in [-0.3, -0.25) is 15.0 Å². The molecule has 0 bridgehead atoms. The zero-order valence-corrected chi connectivity index (χ0v) is 22.5. The first-order valence-corrected chi connectivity index (χ1v) is 13.8. The first kappa shape index (κ1) is 28.8. The lowest BCUT2D eigenvalue weighted by Gasteiger charge is -2.35. The molecule has 0 amide bonds. The van der Waals surface area contributed by atoms with Crippen molar-refractivity contribution in [1.82, 2.24) is 9.88 Å². The molecule has 2 aliphatic rings. The molecular weight excluding hydrogens is 540 g/mol. The van der Waals surface area contributed by atoms with Gasteiger partial charge in [0.25, 0.3) is 5.69 Å². The lowest BCUT2D eigenvalue weighted by molar-refractivity contribution is -0.388. The van der Waals surface area contributed by atoms with Gasteiger partial charge in [-0.2, -0.15) is 18.2 Å². The average molecular weight is 573 g/mol. The monoisotopic (exact) mass is 572 g/mol. The zero-order valence-electron chi connectivity index (χ0n) is 22.5. The molecule has 1 saturated carbocycles. The van der Waals surface area contributed by atoms with Gasteiger partial charge in [-0.15, -0.1) is 0 Å². The Labute approximate surface area is 235 Å². The second kappa shape index (κ2) is 12.4. The van der Waals surface area contributed by atoms with E-state index in [1.165, 1.54) is 18.2 Å². The molecule has 5 rings (SSSR count). The van der Waals surface area contributed by atoms with Gasteiger partial charge in [0, 0.05) is 44.9 Å². The summed E-state index contributed by atoms with van der Waals surface area (Å²) in [6.45, 7) is 4.16. The molecule has 0 N–H and O–H groups in total. The van der Waals surface area contributed by atoms with E-state index in [0.717, 1.165) is 81.9 Å². The van der Waals surface area contributed by atoms with Crippen LogP contribution in [0.15, 0.2) is 60.7 Å². The van der Waals surface area contributed by atoms with Crippen LogP contribution in [0.25, 0.3) is 0 Å². The predicted octanol–water partition coefficient (Wildman–Crippen LogP) is 6.65. The van der Waals surface area contributed by atoms with Gasteiger partial charge in [-0.25, -0.2) is 4.39 Å². The summed E-state index contributed by atoms with van der Waals surface area (Å²) in [7, 11) is 0. The van der Waals surface area contributed by atoms with Crippen LogP contribution in [0, 0.1) is 21.8 Å². The highest BCUT2D eigenvalue weighted by Crippen LogP contribution is 2.38. The minimum atomic E-state index is -4.77. The minimum absolute atomic E-state index is 0.0239. The lowest BCUT2D eigenvalue weighted by atomic mass is 9.83. The molecule has 1 aliphatic carbocycles. The number of alkyl halides is 3. The Morgan fingerprint density at radius 2 is 1.61 bits per heavy atom. The Morgan fingerprint density at radius 3 is 2.27 bits per heavy atom. The van der Waals surface area contributed by atoms with Crippen molar-refractivity contribution >= 4 is 11.5 Å². The number of ether oxygens (including phenoxy) is 1. The molecule has 0 unspecified atom stereocenters. The molecule has 1 aromatic heterocycles. The van der Waals surface area contributed by atoms with Crippen molar-refractivity contribution in [3.8, 4) is 5.88 Å². The van der Waals surface area contributed by atoms with Crippen LogP contribution in [0.3, 0.4) is 0 Å². The molecule has 41 heavy (non-hydrogen) atoms. The summed E-state index contributed by atoms with van der Waals surface area (Å²) in [4.78, 5) is 19.3. The maximum Gasteiger partial charge on any atom is 0.423 e. The van der Waals surface area contributed by atoms with Crippen molar-refractivity contribution in [2.45, 2.75) is 50.9 Å². The summed E-state index contributed by atoms with van der Waals surface area (Å²) < 4.78 is 59.4. The van der Waals surface area contributed by atoms with Gasteiger partial charge in [0.05, 0.1) is 4.92 Å². The molecule has 11 heteroatoms. The van der Waals surface area contributed by atoms with E-state index in [1.807, 2.05) is 30.3 Å². The van der Waals surface area contributed by atoms with Crippen molar-refractivity contribution in [3.63, 3.8) is 0 Å². The number of halogens is 4. The van der Waals surface area contributed by atoms with Crippen LogP contribution in [0.4, 0.5) is 29.1 Å². The Balaban J connectivity index is 1.10. The van der Waals surface area contributed by atoms with E-state index in [9.17, 15) is 27.7 Å². The van der Waals surface area contributed by atoms with Crippen LogP contribution >= 0.6 is 0 Å². The Kier molecular flexibility index (Phi) is 8.72. The van der Waals surface area contributed by atoms with Gasteiger partial charge in [0.15, 0.2) is 0 Å². The van der Waals surface area contributed by atoms with Crippen molar-refractivity contribution in [2.75, 3.05) is 31.1 Å². The minimum Gasteiger partial charge on any atom is -0.474 e. The normalized spacial score (nSPS) is 20.1. The third kappa shape index (κ3) is 7.52. The molecule has 7 nitrogen and oxygen atoms in total. The number of rotatable bonds is 8. The maximum atomic E-state index is 13.3. The fourth-order valence-corrected chi connectivity index (χ4v) is 5.68. The van der Waals surface area contributed by atoms with Crippen molar-refractivity contribution in [3.05, 3.63) is 93.3 Å². The number of nitro groups is 1. The smallest absolute Gasteiger partial charge is 0.423 e. The summed E-state index contributed by atoms with van der Waals surface area (Å²) >= 11 is 0. The van der Waals surface area contributed by atoms with E-state index in [4.69, 9.17) is 9.72 Å². The molecule has 0 atom stereocenters. The summed E-state index contributed by atoms with van der Waals surface area (Å²) in [5.41, 5.74) is -0.571. The summed E-state index contributed by atoms with van der Waals surface area (Å²) in [6.07, 6.45) is -1.26. The van der Waals surface area contributed by atoms with E-state index in [-0.39, 0.29) is 17.8 Å². The third-order valence-corrected chi connectivity index (χ3v) is 7.89. The quantitative estimate of drug-likeness (QED) is 0.171. The molecular formula is C30H32F4N4O3. The third-order valence-electron chi connectivity index (χ3n) is 7.89. The maximum absolute atomic E-state index is 13.3. The number of benzene rings is 2. The molecule has 0 spiro atoms. The second-order valence-corrected chi connectivity index (χ2v) is 10.8. The first-order valence-electron chi connectivity index (χ1n) is 13.8. The van der Waals surface area contributed by atoms with Crippen molar-refractivity contribution in [2.24, 2.45) is 5.92 Å². The van der Waals surface area contributed by atoms with E-state index in [2.05, 4.69) is 9.80 Å². The fraction of sp³-hybridized carbons (Fsp3) is 0.433. The molecule has 3 aromatic rings. The Hall–Kier alpha value is -3.73. The zero-order chi connectivity index (χ0) is 29.0. The number of hydrogen-bond donors (Lipinski definition) is 0. The highest BCUT2D eigenvalue weighted by molar-refractivity contribution is 5.45. The number of hydrogen-bond acceptors (Lipinski definition) is 6. The van der Waals surface area contributed by atoms with Crippen LogP contribution in [-0.4, -0.2) is 47.1 Å². The molecule has 218 valence electrons. The Morgan fingerprint density at radius 1 is 0.927 bits per heavy atom. The van der Waals surface area contributed by atoms with Gasteiger partial charge in [-0.1, -0.05) is 24.3 Å². The molecule has 1 aliphatic heterocycles. The highest BCUT2D eigenvalue weighted by Gasteiger charge is 2.38. The first-order chi connectivity index (χ1) is 19.6. The number of pyridine rings is 1. The number of piperazine rings is 1. The lowest BCUT2D eigenvalue weighted by Crippen LogP contribution is -2.46. The summed E-state index contributed by atoms with van der Waals surface area (Å²) in [5, 5.41) is 11.0. The van der Waals surface area contributed by atoms with Gasteiger partial charge in [-0.05, 0) is 73.4 Å². The van der Waals surface area contributed by atoms with Crippen LogP contribution in [0.5, 0.6) is 5.88 Å². The second-order valence-electron chi connectivity index (χ2n) is 10.8. The number of anilines is 1. The van der Waals surface area contributed by atoms with Gasteiger partial charge in [0.1, 0.15) is 23.3 Å². The van der Waals surface area contributed by atoms with E-state index in [0.29, 0.717) is 17.9 Å². The predicted molar refractivity (Wildman–Crippen MR) is 146 cm³/mol. The largest absolute Gasteiger partial charge is 0.474 e. The number of aromatic nitrogens is 1. The van der Waals surface area contributed by atoms with Crippen molar-refractivity contribution in [1.29, 1.82) is 0 Å². The number of nitro benzene ring substituents is 1. The molecule has 0 radical (unpaired) electrons. The highest BCUT2D eigenvalue weighted by atomic mass is 19.4. The SMILES string of the molecule is O=[N+]([O-])c1ccc(CC2CCC(Oc3cccc(N4CCN(Cc5ccc(F)cc5)CC4)n3)CC2)cc1C(F)(F)F. The van der Waals surface area contributed by atoms with Crippen molar-refractivity contribution < 1.29 is 27.2 Å². The summed E-state index contributed by atoms with van der Waals surface area (Å²) in [5.74, 6) is 1.37. The van der Waals surface area contributed by atoms with Gasteiger partial charge < -0.3 is 9.64 Å². The average Bonchev–Trinajstić information content (AvgIpc) is 2.95. The van der Waals surface area contributed by atoms with E-state index < -0.39 is 22.4 Å². The topological polar surface area (TPSA) is 71.7 Å². The summed E-state index contributed by atoms with van der Waals surface area (Å²) in [6, 6.07) is 15.6.